The van der Waals surface area contributed by atoms with Gasteiger partial charge in [0.15, 0.2) is 0 Å². The molecule has 0 radical (unpaired) electrons. The van der Waals surface area contributed by atoms with Crippen LogP contribution in [0, 0.1) is 49.0 Å². The van der Waals surface area contributed by atoms with E-state index >= 15 is 8.78 Å². The number of benzene rings is 4. The molecule has 10 aromatic rings. The molecule has 78 heavy (non-hydrogen) atoms. The number of nitrogens with zero attached hydrogens (tertiary/aromatic N) is 10. The minimum atomic E-state index is -1.26. The third-order valence-electron chi connectivity index (χ3n) is 15.7. The minimum absolute atomic E-state index is 0.108. The summed E-state index contributed by atoms with van der Waals surface area (Å²) < 4.78 is 80.0. The summed E-state index contributed by atoms with van der Waals surface area (Å²) >= 11 is 0. The first-order valence-electron chi connectivity index (χ1n) is 26.4. The summed E-state index contributed by atoms with van der Waals surface area (Å²) in [6.45, 7) is 12.7. The van der Waals surface area contributed by atoms with Crippen molar-refractivity contribution in [3.63, 3.8) is 0 Å². The van der Waals surface area contributed by atoms with E-state index in [2.05, 4.69) is 29.8 Å². The lowest BCUT2D eigenvalue weighted by Crippen LogP contribution is -2.27. The molecule has 0 spiro atoms. The van der Waals surface area contributed by atoms with Gasteiger partial charge in [0.2, 0.25) is 0 Å². The van der Waals surface area contributed by atoms with E-state index in [9.17, 15) is 19.0 Å². The van der Waals surface area contributed by atoms with Crippen LogP contribution in [-0.4, -0.2) is 85.7 Å². The van der Waals surface area contributed by atoms with E-state index in [1.54, 1.807) is 73.7 Å². The van der Waals surface area contributed by atoms with Crippen molar-refractivity contribution in [2.75, 3.05) is 26.4 Å². The number of pyridine rings is 2. The van der Waals surface area contributed by atoms with Gasteiger partial charge >= 0.3 is 0 Å². The lowest BCUT2D eigenvalue weighted by Gasteiger charge is -2.33. The predicted octanol–water partition coefficient (Wildman–Crippen LogP) is 11.6. The van der Waals surface area contributed by atoms with Crippen molar-refractivity contribution in [1.29, 1.82) is 0 Å². The molecule has 18 heteroatoms. The summed E-state index contributed by atoms with van der Waals surface area (Å²) in [6, 6.07) is 23.0. The number of fused-ring (bicyclic) bond motifs is 6. The van der Waals surface area contributed by atoms with Crippen molar-refractivity contribution < 1.29 is 37.2 Å². The van der Waals surface area contributed by atoms with Gasteiger partial charge in [-0.3, -0.25) is 9.97 Å². The number of aryl methyl sites for hydroxylation is 4. The molecule has 2 aliphatic rings. The van der Waals surface area contributed by atoms with Gasteiger partial charge in [-0.15, -0.1) is 10.2 Å². The van der Waals surface area contributed by atoms with Crippen LogP contribution in [0.15, 0.2) is 97.3 Å². The number of halogens is 4. The van der Waals surface area contributed by atoms with Crippen molar-refractivity contribution in [1.82, 2.24) is 49.1 Å². The van der Waals surface area contributed by atoms with Crippen LogP contribution in [0.4, 0.5) is 17.6 Å². The van der Waals surface area contributed by atoms with Gasteiger partial charge in [-0.25, -0.2) is 26.9 Å². The van der Waals surface area contributed by atoms with Crippen LogP contribution >= 0.6 is 0 Å². The van der Waals surface area contributed by atoms with E-state index < -0.39 is 22.8 Å². The Kier molecular flexibility index (Phi) is 13.8. The minimum Gasteiger partial charge on any atom is -0.386 e. The first-order chi connectivity index (χ1) is 37.3. The fourth-order valence-corrected chi connectivity index (χ4v) is 11.9. The van der Waals surface area contributed by atoms with Gasteiger partial charge in [-0.05, 0) is 162 Å². The van der Waals surface area contributed by atoms with Gasteiger partial charge in [0.1, 0.15) is 23.3 Å². The van der Waals surface area contributed by atoms with Crippen LogP contribution in [0.3, 0.4) is 0 Å². The molecule has 4 aromatic carbocycles. The Labute approximate surface area is 448 Å². The number of hydrogen-bond acceptors (Lipinski definition) is 10. The standard InChI is InChI=1S/2C30H31F2N5O2/c2*1-17-28(36(4)35-34-17)20-13-25-27(33-16-20)26-23(32)14-21(30(2,3)38)15-24(26)37(25)29(18-8-10-39-11-9-18)19-6-5-7-22(31)12-19/h2*5-7,12-16,18,29,38H,8-11H2,1-4H3. The third kappa shape index (κ3) is 9.62. The largest absolute Gasteiger partial charge is 0.386 e. The van der Waals surface area contributed by atoms with E-state index in [1.165, 1.54) is 24.3 Å². The molecule has 2 N–H and O–H groups in total. The Bertz CT molecular complexity index is 3600. The molecule has 2 unspecified atom stereocenters. The zero-order valence-corrected chi connectivity index (χ0v) is 44.9. The maximum atomic E-state index is 15.9. The van der Waals surface area contributed by atoms with E-state index in [4.69, 9.17) is 19.4 Å². The fourth-order valence-electron chi connectivity index (χ4n) is 11.9. The number of ether oxygens (including phenoxy) is 2. The lowest BCUT2D eigenvalue weighted by molar-refractivity contribution is 0.0551. The number of aromatic nitrogens is 10. The van der Waals surface area contributed by atoms with E-state index in [0.717, 1.165) is 81.7 Å². The first kappa shape index (κ1) is 52.7. The lowest BCUT2D eigenvalue weighted by atomic mass is 9.86. The monoisotopic (exact) mass is 1060 g/mol. The van der Waals surface area contributed by atoms with E-state index in [0.29, 0.717) is 70.4 Å². The quantitative estimate of drug-likeness (QED) is 0.126. The Morgan fingerprint density at radius 1 is 0.538 bits per heavy atom. The number of aliphatic hydroxyl groups is 2. The first-order valence-corrected chi connectivity index (χ1v) is 26.4. The second-order valence-electron chi connectivity index (χ2n) is 21.9. The summed E-state index contributed by atoms with van der Waals surface area (Å²) in [5, 5.41) is 39.1. The topological polar surface area (TPSA) is 156 Å². The summed E-state index contributed by atoms with van der Waals surface area (Å²) in [5.74, 6) is -1.36. The molecule has 0 saturated carbocycles. The van der Waals surface area contributed by atoms with Gasteiger partial charge in [0.05, 0.1) is 89.9 Å². The Hall–Kier alpha value is -7.38. The highest BCUT2D eigenvalue weighted by Gasteiger charge is 2.35. The molecular weight excluding hydrogens is 1000 g/mol. The Balaban J connectivity index is 0.000000165. The Morgan fingerprint density at radius 2 is 0.923 bits per heavy atom. The molecule has 404 valence electrons. The molecule has 0 amide bonds. The molecule has 0 aliphatic carbocycles. The smallest absolute Gasteiger partial charge is 0.135 e. The molecule has 14 nitrogen and oxygen atoms in total. The molecule has 2 fully saturated rings. The van der Waals surface area contributed by atoms with Crippen LogP contribution in [0.25, 0.3) is 66.4 Å². The molecular formula is C60H62F4N10O4. The second-order valence-corrected chi connectivity index (χ2v) is 21.9. The zero-order chi connectivity index (χ0) is 54.9. The summed E-state index contributed by atoms with van der Waals surface area (Å²) in [6.07, 6.45) is 6.52. The second kappa shape index (κ2) is 20.4. The van der Waals surface area contributed by atoms with Crippen LogP contribution in [0.5, 0.6) is 0 Å². The molecule has 8 heterocycles. The van der Waals surface area contributed by atoms with Crippen LogP contribution in [0.2, 0.25) is 0 Å². The number of hydrogen-bond donors (Lipinski definition) is 2. The van der Waals surface area contributed by atoms with Gasteiger partial charge in [0, 0.05) is 64.0 Å². The Morgan fingerprint density at radius 3 is 1.26 bits per heavy atom. The van der Waals surface area contributed by atoms with Gasteiger partial charge in [-0.2, -0.15) is 0 Å². The maximum absolute atomic E-state index is 15.9. The molecule has 12 rings (SSSR count). The van der Waals surface area contributed by atoms with Crippen LogP contribution in [0.1, 0.15) is 99.1 Å². The molecule has 6 aromatic heterocycles. The summed E-state index contributed by atoms with van der Waals surface area (Å²) in [7, 11) is 3.64. The highest BCUT2D eigenvalue weighted by molar-refractivity contribution is 6.08. The van der Waals surface area contributed by atoms with E-state index in [-0.39, 0.29) is 35.6 Å². The van der Waals surface area contributed by atoms with Crippen molar-refractivity contribution in [3.05, 3.63) is 154 Å². The maximum Gasteiger partial charge on any atom is 0.135 e. The van der Waals surface area contributed by atoms with Crippen molar-refractivity contribution in [3.8, 4) is 22.5 Å². The third-order valence-corrected chi connectivity index (χ3v) is 15.7. The molecule has 2 saturated heterocycles. The normalized spacial score (nSPS) is 15.9. The molecule has 0 bridgehead atoms. The summed E-state index contributed by atoms with van der Waals surface area (Å²) in [4.78, 5) is 9.54. The number of rotatable bonds is 10. The van der Waals surface area contributed by atoms with Crippen LogP contribution < -0.4 is 0 Å². The average molecular weight is 1060 g/mol. The van der Waals surface area contributed by atoms with Crippen molar-refractivity contribution in [2.45, 2.75) is 90.5 Å². The highest BCUT2D eigenvalue weighted by atomic mass is 19.1. The van der Waals surface area contributed by atoms with Gasteiger partial charge in [-0.1, -0.05) is 34.7 Å². The van der Waals surface area contributed by atoms with Crippen LogP contribution in [-0.2, 0) is 34.8 Å². The van der Waals surface area contributed by atoms with Gasteiger partial charge in [0.25, 0.3) is 0 Å². The highest BCUT2D eigenvalue weighted by Crippen LogP contribution is 2.45. The van der Waals surface area contributed by atoms with Gasteiger partial charge < -0.3 is 28.8 Å². The fraction of sp³-hybridized carbons (Fsp3) is 0.367. The van der Waals surface area contributed by atoms with E-state index in [1.807, 2.05) is 64.3 Å². The van der Waals surface area contributed by atoms with Crippen molar-refractivity contribution in [2.24, 2.45) is 25.9 Å². The molecule has 2 aliphatic heterocycles. The average Bonchev–Trinajstić information content (AvgIpc) is 4.32. The SMILES string of the molecule is Cc1nnn(C)c1-c1cnc2c3c(F)cc(C(C)(C)O)cc3n(C(c3cccc(F)c3)C3CCOCC3)c2c1.Cc1nnn(C)c1-c1cnc2c3c(F)cc(C(C)(C)O)cc3n(C(c3cccc(F)c3)C3CCOCC3)c2c1. The van der Waals surface area contributed by atoms with Crippen molar-refractivity contribution >= 4 is 43.9 Å². The zero-order valence-electron chi connectivity index (χ0n) is 44.9. The summed E-state index contributed by atoms with van der Waals surface area (Å²) in [5.41, 5.74) is 8.34. The predicted molar refractivity (Wildman–Crippen MR) is 291 cm³/mol. The molecule has 2 atom stereocenters.